The molecule has 0 bridgehead atoms. The third-order valence-corrected chi connectivity index (χ3v) is 4.73. The molecule has 1 saturated carbocycles. The van der Waals surface area contributed by atoms with Gasteiger partial charge >= 0.3 is 11.8 Å². The lowest BCUT2D eigenvalue weighted by atomic mass is 9.85. The number of benzene rings is 1. The van der Waals surface area contributed by atoms with Crippen LogP contribution >= 0.6 is 22.6 Å². The van der Waals surface area contributed by atoms with Gasteiger partial charge in [0, 0.05) is 22.1 Å². The van der Waals surface area contributed by atoms with E-state index in [0.717, 1.165) is 29.3 Å². The lowest BCUT2D eigenvalue weighted by Gasteiger charge is -2.30. The number of hydrogen-bond acceptors (Lipinski definition) is 3. The van der Waals surface area contributed by atoms with Gasteiger partial charge in [0.05, 0.1) is 5.69 Å². The first-order valence-electron chi connectivity index (χ1n) is 7.09. The number of carbonyl (C=O) groups is 2. The maximum Gasteiger partial charge on any atom is 0.313 e. The van der Waals surface area contributed by atoms with E-state index in [-0.39, 0.29) is 18.6 Å². The van der Waals surface area contributed by atoms with Crippen molar-refractivity contribution in [2.24, 2.45) is 5.92 Å². The molecular weight excluding hydrogens is 383 g/mol. The fourth-order valence-electron chi connectivity index (χ4n) is 2.59. The van der Waals surface area contributed by atoms with E-state index in [4.69, 9.17) is 0 Å². The fraction of sp³-hybridized carbons (Fsp3) is 0.467. The molecule has 0 saturated heterocycles. The van der Waals surface area contributed by atoms with Gasteiger partial charge in [-0.25, -0.2) is 0 Å². The largest absolute Gasteiger partial charge is 0.396 e. The Labute approximate surface area is 137 Å². The van der Waals surface area contributed by atoms with Crippen LogP contribution in [0.3, 0.4) is 0 Å². The van der Waals surface area contributed by atoms with E-state index in [1.165, 1.54) is 0 Å². The minimum atomic E-state index is -0.665. The van der Waals surface area contributed by atoms with Crippen molar-refractivity contribution >= 4 is 40.1 Å². The quantitative estimate of drug-likeness (QED) is 0.534. The van der Waals surface area contributed by atoms with Crippen LogP contribution in [0.5, 0.6) is 0 Å². The van der Waals surface area contributed by atoms with E-state index in [9.17, 15) is 14.7 Å². The van der Waals surface area contributed by atoms with Gasteiger partial charge in [-0.3, -0.25) is 9.59 Å². The van der Waals surface area contributed by atoms with Crippen LogP contribution in [0.4, 0.5) is 5.69 Å². The number of rotatable bonds is 3. The lowest BCUT2D eigenvalue weighted by Crippen LogP contribution is -2.47. The average molecular weight is 402 g/mol. The monoisotopic (exact) mass is 402 g/mol. The van der Waals surface area contributed by atoms with Crippen molar-refractivity contribution < 1.29 is 14.7 Å². The van der Waals surface area contributed by atoms with Crippen molar-refractivity contribution in [3.05, 3.63) is 27.8 Å². The van der Waals surface area contributed by atoms with Gasteiger partial charge in [-0.2, -0.15) is 0 Å². The molecule has 6 heteroatoms. The zero-order valence-corrected chi connectivity index (χ0v) is 13.8. The highest BCUT2D eigenvalue weighted by atomic mass is 127. The first-order chi connectivity index (χ1) is 10.1. The van der Waals surface area contributed by atoms with Gasteiger partial charge in [0.1, 0.15) is 0 Å². The molecule has 2 atom stereocenters. The van der Waals surface area contributed by atoms with Crippen LogP contribution in [0, 0.1) is 9.49 Å². The van der Waals surface area contributed by atoms with Crippen molar-refractivity contribution in [3.8, 4) is 0 Å². The summed E-state index contributed by atoms with van der Waals surface area (Å²) in [4.78, 5) is 23.9. The van der Waals surface area contributed by atoms with E-state index < -0.39 is 11.8 Å². The molecule has 1 aliphatic rings. The molecule has 21 heavy (non-hydrogen) atoms. The van der Waals surface area contributed by atoms with E-state index in [0.29, 0.717) is 5.69 Å². The van der Waals surface area contributed by atoms with E-state index in [2.05, 4.69) is 33.2 Å². The van der Waals surface area contributed by atoms with Crippen molar-refractivity contribution in [1.82, 2.24) is 5.32 Å². The van der Waals surface area contributed by atoms with Crippen LogP contribution in [0.25, 0.3) is 0 Å². The molecule has 0 aliphatic heterocycles. The number of carbonyl (C=O) groups excluding carboxylic acids is 2. The Morgan fingerprint density at radius 2 is 1.90 bits per heavy atom. The SMILES string of the molecule is O=C(Nc1ccccc1I)C(=O)N[C@H]1CCCC[C@@H]1CO. The van der Waals surface area contributed by atoms with Crippen molar-refractivity contribution in [3.63, 3.8) is 0 Å². The molecular formula is C15H19IN2O3. The molecule has 1 fully saturated rings. The highest BCUT2D eigenvalue weighted by Gasteiger charge is 2.27. The number of amides is 2. The van der Waals surface area contributed by atoms with E-state index in [1.54, 1.807) is 12.1 Å². The van der Waals surface area contributed by atoms with Gasteiger partial charge in [0.15, 0.2) is 0 Å². The summed E-state index contributed by atoms with van der Waals surface area (Å²) in [6.07, 6.45) is 3.78. The van der Waals surface area contributed by atoms with E-state index >= 15 is 0 Å². The second kappa shape index (κ2) is 7.74. The Bertz CT molecular complexity index is 521. The van der Waals surface area contributed by atoms with Crippen molar-refractivity contribution in [2.45, 2.75) is 31.7 Å². The number of anilines is 1. The average Bonchev–Trinajstić information content (AvgIpc) is 2.50. The Morgan fingerprint density at radius 1 is 1.19 bits per heavy atom. The smallest absolute Gasteiger partial charge is 0.313 e. The zero-order valence-electron chi connectivity index (χ0n) is 11.6. The maximum absolute atomic E-state index is 12.0. The summed E-state index contributed by atoms with van der Waals surface area (Å²) in [6.45, 7) is 0.0448. The van der Waals surface area contributed by atoms with Crippen LogP contribution in [0.2, 0.25) is 0 Å². The molecule has 0 radical (unpaired) electrons. The van der Waals surface area contributed by atoms with Crippen LogP contribution < -0.4 is 10.6 Å². The van der Waals surface area contributed by atoms with E-state index in [1.807, 2.05) is 12.1 Å². The third-order valence-electron chi connectivity index (χ3n) is 3.79. The summed E-state index contributed by atoms with van der Waals surface area (Å²) < 4.78 is 0.877. The molecule has 2 amide bonds. The van der Waals surface area contributed by atoms with Gasteiger partial charge in [-0.05, 0) is 47.6 Å². The predicted molar refractivity (Wildman–Crippen MR) is 88.8 cm³/mol. The lowest BCUT2D eigenvalue weighted by molar-refractivity contribution is -0.137. The van der Waals surface area contributed by atoms with Crippen LogP contribution in [-0.2, 0) is 9.59 Å². The first kappa shape index (κ1) is 16.2. The van der Waals surface area contributed by atoms with Crippen molar-refractivity contribution in [2.75, 3.05) is 11.9 Å². The summed E-state index contributed by atoms with van der Waals surface area (Å²) >= 11 is 2.10. The van der Waals surface area contributed by atoms with Crippen LogP contribution in [-0.4, -0.2) is 29.6 Å². The van der Waals surface area contributed by atoms with Gasteiger partial charge in [-0.15, -0.1) is 0 Å². The molecule has 5 nitrogen and oxygen atoms in total. The summed E-state index contributed by atoms with van der Waals surface area (Å²) in [6, 6.07) is 7.17. The number of aliphatic hydroxyl groups is 1. The molecule has 0 unspecified atom stereocenters. The molecule has 2 rings (SSSR count). The van der Waals surface area contributed by atoms with Gasteiger partial charge in [0.25, 0.3) is 0 Å². The second-order valence-electron chi connectivity index (χ2n) is 5.24. The molecule has 1 aliphatic carbocycles. The van der Waals surface area contributed by atoms with Gasteiger partial charge < -0.3 is 15.7 Å². The van der Waals surface area contributed by atoms with Crippen LogP contribution in [0.1, 0.15) is 25.7 Å². The highest BCUT2D eigenvalue weighted by Crippen LogP contribution is 2.24. The number of aliphatic hydroxyl groups excluding tert-OH is 1. The first-order valence-corrected chi connectivity index (χ1v) is 8.17. The number of nitrogens with one attached hydrogen (secondary N) is 2. The maximum atomic E-state index is 12.0. The summed E-state index contributed by atoms with van der Waals surface area (Å²) in [7, 11) is 0. The third kappa shape index (κ3) is 4.41. The highest BCUT2D eigenvalue weighted by molar-refractivity contribution is 14.1. The Kier molecular flexibility index (Phi) is 5.98. The molecule has 0 heterocycles. The molecule has 114 valence electrons. The standard InChI is InChI=1S/C15H19IN2O3/c16-11-6-2-4-8-13(11)18-15(21)14(20)17-12-7-3-1-5-10(12)9-19/h2,4,6,8,10,12,19H,1,3,5,7,9H2,(H,17,20)(H,18,21)/t10-,12+/m1/s1. The second-order valence-corrected chi connectivity index (χ2v) is 6.40. The molecule has 0 aromatic heterocycles. The van der Waals surface area contributed by atoms with Crippen LogP contribution in [0.15, 0.2) is 24.3 Å². The zero-order chi connectivity index (χ0) is 15.2. The Hall–Kier alpha value is -1.15. The summed E-state index contributed by atoms with van der Waals surface area (Å²) in [5.41, 5.74) is 0.626. The topological polar surface area (TPSA) is 78.4 Å². The molecule has 1 aromatic carbocycles. The fourth-order valence-corrected chi connectivity index (χ4v) is 3.11. The van der Waals surface area contributed by atoms with Gasteiger partial charge in [-0.1, -0.05) is 25.0 Å². The number of hydrogen-bond donors (Lipinski definition) is 3. The Balaban J connectivity index is 1.93. The summed E-state index contributed by atoms with van der Waals surface area (Å²) in [5, 5.41) is 14.7. The number of halogens is 1. The molecule has 1 aromatic rings. The minimum absolute atomic E-state index is 0.0448. The van der Waals surface area contributed by atoms with Crippen molar-refractivity contribution in [1.29, 1.82) is 0 Å². The Morgan fingerprint density at radius 3 is 2.62 bits per heavy atom. The van der Waals surface area contributed by atoms with Gasteiger partial charge in [0.2, 0.25) is 0 Å². The number of para-hydroxylation sites is 1. The normalized spacial score (nSPS) is 21.6. The summed E-state index contributed by atoms with van der Waals surface area (Å²) in [5.74, 6) is -1.26. The predicted octanol–water partition coefficient (Wildman–Crippen LogP) is 1.90. The molecule has 0 spiro atoms. The minimum Gasteiger partial charge on any atom is -0.396 e. The molecule has 3 N–H and O–H groups in total.